The van der Waals surface area contributed by atoms with E-state index in [2.05, 4.69) is 59.6 Å². The molecule has 0 bridgehead atoms. The summed E-state index contributed by atoms with van der Waals surface area (Å²) in [6, 6.07) is 16.4. The molecule has 5 heteroatoms. The van der Waals surface area contributed by atoms with E-state index in [1.165, 1.54) is 16.8 Å². The molecule has 0 N–H and O–H groups in total. The number of pyridine rings is 2. The number of aryl methyl sites for hydroxylation is 2. The molecule has 4 rings (SSSR count). The highest BCUT2D eigenvalue weighted by molar-refractivity contribution is 5.86. The fourth-order valence-corrected chi connectivity index (χ4v) is 3.44. The fraction of sp³-hybridized carbons (Fsp3) is 0.217. The van der Waals surface area contributed by atoms with Gasteiger partial charge in [-0.15, -0.1) is 12.4 Å². The first-order valence-electron chi connectivity index (χ1n) is 9.16. The molecular weight excluding hydrogens is 370 g/mol. The maximum Gasteiger partial charge on any atom is 0.147 e. The molecule has 3 aromatic heterocycles. The van der Waals surface area contributed by atoms with Gasteiger partial charge in [0.1, 0.15) is 17.9 Å². The van der Waals surface area contributed by atoms with E-state index in [0.717, 1.165) is 28.0 Å². The summed E-state index contributed by atoms with van der Waals surface area (Å²) in [4.78, 5) is 9.09. The van der Waals surface area contributed by atoms with Gasteiger partial charge in [-0.05, 0) is 44.0 Å². The number of benzene rings is 1. The highest BCUT2D eigenvalue weighted by Gasteiger charge is 2.17. The van der Waals surface area contributed by atoms with Gasteiger partial charge in [-0.2, -0.15) is 0 Å². The summed E-state index contributed by atoms with van der Waals surface area (Å²) in [6.07, 6.45) is 3.65. The van der Waals surface area contributed by atoms with E-state index in [1.807, 2.05) is 36.7 Å². The van der Waals surface area contributed by atoms with E-state index in [-0.39, 0.29) is 12.4 Å². The normalized spacial score (nSPS) is 10.7. The third-order valence-corrected chi connectivity index (χ3v) is 4.98. The van der Waals surface area contributed by atoms with Crippen molar-refractivity contribution in [3.63, 3.8) is 0 Å². The number of halogens is 1. The average molecular weight is 394 g/mol. The lowest BCUT2D eigenvalue weighted by Crippen LogP contribution is -2.05. The van der Waals surface area contributed by atoms with Gasteiger partial charge in [0, 0.05) is 24.2 Å². The first-order chi connectivity index (χ1) is 13.1. The molecule has 0 aliphatic heterocycles. The van der Waals surface area contributed by atoms with Crippen LogP contribution in [0.2, 0.25) is 0 Å². The van der Waals surface area contributed by atoms with Crippen molar-refractivity contribution in [3.05, 3.63) is 89.0 Å². The molecule has 3 heterocycles. The highest BCUT2D eigenvalue weighted by atomic mass is 35.5. The predicted octanol–water partition coefficient (Wildman–Crippen LogP) is 5.41. The molecule has 0 aliphatic carbocycles. The number of ether oxygens (including phenoxy) is 1. The molecule has 0 aliphatic rings. The van der Waals surface area contributed by atoms with E-state index < -0.39 is 0 Å². The predicted molar refractivity (Wildman–Crippen MR) is 115 cm³/mol. The monoisotopic (exact) mass is 393 g/mol. The number of rotatable bonds is 5. The van der Waals surface area contributed by atoms with Crippen LogP contribution in [-0.4, -0.2) is 14.5 Å². The van der Waals surface area contributed by atoms with Crippen molar-refractivity contribution >= 4 is 23.4 Å². The molecule has 28 heavy (non-hydrogen) atoms. The van der Waals surface area contributed by atoms with Crippen LogP contribution in [0.3, 0.4) is 0 Å². The van der Waals surface area contributed by atoms with Crippen LogP contribution in [0.5, 0.6) is 5.75 Å². The Labute approximate surface area is 171 Å². The van der Waals surface area contributed by atoms with Crippen LogP contribution in [0, 0.1) is 20.8 Å². The SMILES string of the molecule is Cc1cccc(COc2ccnc3c(C)c(C)n(Cc4ccccn4)c23)c1.Cl. The van der Waals surface area contributed by atoms with Crippen molar-refractivity contribution in [2.24, 2.45) is 0 Å². The Morgan fingerprint density at radius 2 is 1.79 bits per heavy atom. The molecule has 0 radical (unpaired) electrons. The van der Waals surface area contributed by atoms with Crippen LogP contribution in [-0.2, 0) is 13.2 Å². The Hall–Kier alpha value is -2.85. The minimum absolute atomic E-state index is 0. The quantitative estimate of drug-likeness (QED) is 0.455. The number of hydrogen-bond donors (Lipinski definition) is 0. The second-order valence-electron chi connectivity index (χ2n) is 6.90. The zero-order valence-electron chi connectivity index (χ0n) is 16.3. The van der Waals surface area contributed by atoms with Gasteiger partial charge in [0.2, 0.25) is 0 Å². The third-order valence-electron chi connectivity index (χ3n) is 4.98. The van der Waals surface area contributed by atoms with Crippen molar-refractivity contribution in [1.82, 2.24) is 14.5 Å². The lowest BCUT2D eigenvalue weighted by atomic mass is 10.1. The third kappa shape index (κ3) is 3.87. The molecular formula is C23H24ClN3O. The maximum atomic E-state index is 6.23. The van der Waals surface area contributed by atoms with Crippen LogP contribution in [0.25, 0.3) is 11.0 Å². The molecule has 0 unspecified atom stereocenters. The standard InChI is InChI=1S/C23H23N3O.ClH/c1-16-7-6-8-19(13-16)15-27-21-10-12-25-22-17(2)18(3)26(23(21)22)14-20-9-4-5-11-24-20;/h4-13H,14-15H2,1-3H3;1H. The Balaban J connectivity index is 0.00000225. The van der Waals surface area contributed by atoms with Gasteiger partial charge in [0.05, 0.1) is 17.8 Å². The van der Waals surface area contributed by atoms with Crippen LogP contribution >= 0.6 is 12.4 Å². The summed E-state index contributed by atoms with van der Waals surface area (Å²) >= 11 is 0. The van der Waals surface area contributed by atoms with Gasteiger partial charge in [-0.3, -0.25) is 9.97 Å². The second-order valence-corrected chi connectivity index (χ2v) is 6.90. The maximum absolute atomic E-state index is 6.23. The van der Waals surface area contributed by atoms with E-state index in [4.69, 9.17) is 4.74 Å². The highest BCUT2D eigenvalue weighted by Crippen LogP contribution is 2.31. The van der Waals surface area contributed by atoms with Gasteiger partial charge in [-0.25, -0.2) is 0 Å². The molecule has 0 amide bonds. The minimum atomic E-state index is 0. The summed E-state index contributed by atoms with van der Waals surface area (Å²) in [5.41, 5.74) is 7.82. The minimum Gasteiger partial charge on any atom is -0.487 e. The second kappa shape index (κ2) is 8.44. The zero-order valence-corrected chi connectivity index (χ0v) is 17.2. The van der Waals surface area contributed by atoms with E-state index >= 15 is 0 Å². The van der Waals surface area contributed by atoms with Crippen molar-refractivity contribution in [3.8, 4) is 5.75 Å². The van der Waals surface area contributed by atoms with Crippen LogP contribution in [0.1, 0.15) is 28.1 Å². The van der Waals surface area contributed by atoms with Gasteiger partial charge in [0.25, 0.3) is 0 Å². The fourth-order valence-electron chi connectivity index (χ4n) is 3.44. The number of nitrogens with zero attached hydrogens (tertiary/aromatic N) is 3. The van der Waals surface area contributed by atoms with Crippen molar-refractivity contribution in [2.75, 3.05) is 0 Å². The Morgan fingerprint density at radius 1 is 0.929 bits per heavy atom. The lowest BCUT2D eigenvalue weighted by molar-refractivity contribution is 0.308. The average Bonchev–Trinajstić information content (AvgIpc) is 2.93. The topological polar surface area (TPSA) is 39.9 Å². The molecule has 1 aromatic carbocycles. The van der Waals surface area contributed by atoms with E-state index in [9.17, 15) is 0 Å². The summed E-state index contributed by atoms with van der Waals surface area (Å²) in [5, 5.41) is 0. The summed E-state index contributed by atoms with van der Waals surface area (Å²) in [7, 11) is 0. The molecule has 4 nitrogen and oxygen atoms in total. The molecule has 0 spiro atoms. The molecule has 0 fully saturated rings. The first-order valence-corrected chi connectivity index (χ1v) is 9.16. The molecule has 0 saturated carbocycles. The van der Waals surface area contributed by atoms with Crippen LogP contribution < -0.4 is 4.74 Å². The summed E-state index contributed by atoms with van der Waals surface area (Å²) in [6.45, 7) is 7.57. The van der Waals surface area contributed by atoms with E-state index in [0.29, 0.717) is 13.2 Å². The van der Waals surface area contributed by atoms with Gasteiger partial charge in [-0.1, -0.05) is 35.9 Å². The zero-order chi connectivity index (χ0) is 18.8. The van der Waals surface area contributed by atoms with Gasteiger partial charge >= 0.3 is 0 Å². The smallest absolute Gasteiger partial charge is 0.147 e. The largest absolute Gasteiger partial charge is 0.487 e. The van der Waals surface area contributed by atoms with Crippen LogP contribution in [0.15, 0.2) is 60.9 Å². The first kappa shape index (κ1) is 19.9. The Morgan fingerprint density at radius 3 is 2.54 bits per heavy atom. The molecule has 0 saturated heterocycles. The Bertz CT molecular complexity index is 1090. The summed E-state index contributed by atoms with van der Waals surface area (Å²) in [5.74, 6) is 0.855. The lowest BCUT2D eigenvalue weighted by Gasteiger charge is -2.12. The van der Waals surface area contributed by atoms with E-state index in [1.54, 1.807) is 0 Å². The van der Waals surface area contributed by atoms with Gasteiger partial charge < -0.3 is 9.30 Å². The Kier molecular flexibility index (Phi) is 6.00. The number of aromatic nitrogens is 3. The van der Waals surface area contributed by atoms with Crippen molar-refractivity contribution in [1.29, 1.82) is 0 Å². The molecule has 144 valence electrons. The number of fused-ring (bicyclic) bond motifs is 1. The molecule has 0 atom stereocenters. The van der Waals surface area contributed by atoms with Crippen LogP contribution in [0.4, 0.5) is 0 Å². The van der Waals surface area contributed by atoms with Crippen molar-refractivity contribution < 1.29 is 4.74 Å². The number of hydrogen-bond acceptors (Lipinski definition) is 3. The summed E-state index contributed by atoms with van der Waals surface area (Å²) < 4.78 is 8.48. The van der Waals surface area contributed by atoms with Crippen molar-refractivity contribution in [2.45, 2.75) is 33.9 Å². The molecule has 4 aromatic rings. The van der Waals surface area contributed by atoms with Gasteiger partial charge in [0.15, 0.2) is 0 Å².